The van der Waals surface area contributed by atoms with E-state index >= 15 is 0 Å². The maximum Gasteiger partial charge on any atom is 0.131 e. The van der Waals surface area contributed by atoms with Crippen LogP contribution in [0.4, 0.5) is 0 Å². The van der Waals surface area contributed by atoms with Crippen molar-refractivity contribution in [2.75, 3.05) is 26.3 Å². The van der Waals surface area contributed by atoms with Crippen LogP contribution in [0.1, 0.15) is 68.7 Å². The van der Waals surface area contributed by atoms with Crippen molar-refractivity contribution in [1.29, 1.82) is 0 Å². The summed E-state index contributed by atoms with van der Waals surface area (Å²) in [6, 6.07) is 2.10. The van der Waals surface area contributed by atoms with Gasteiger partial charge in [-0.1, -0.05) is 13.8 Å². The van der Waals surface area contributed by atoms with Crippen LogP contribution in [0.3, 0.4) is 0 Å². The molecule has 5 heteroatoms. The largest absolute Gasteiger partial charge is 0.490 e. The highest BCUT2D eigenvalue weighted by Gasteiger charge is 2.40. The number of thiophene rings is 1. The summed E-state index contributed by atoms with van der Waals surface area (Å²) in [5, 5.41) is 1.31. The van der Waals surface area contributed by atoms with Gasteiger partial charge in [0.15, 0.2) is 0 Å². The van der Waals surface area contributed by atoms with Crippen molar-refractivity contribution in [1.82, 2.24) is 9.88 Å². The van der Waals surface area contributed by atoms with E-state index in [-0.39, 0.29) is 0 Å². The molecule has 0 aromatic carbocycles. The molecule has 1 saturated carbocycles. The summed E-state index contributed by atoms with van der Waals surface area (Å²) in [7, 11) is 0. The molecule has 1 atom stereocenters. The number of nitrogens with zero attached hydrogens (tertiary/aromatic N) is 2. The second kappa shape index (κ2) is 7.58. The summed E-state index contributed by atoms with van der Waals surface area (Å²) in [5.41, 5.74) is 1.88. The van der Waals surface area contributed by atoms with Crippen molar-refractivity contribution in [2.24, 2.45) is 0 Å². The fourth-order valence-corrected chi connectivity index (χ4v) is 7.01. The Kier molecular flexibility index (Phi) is 5.10. The van der Waals surface area contributed by atoms with Crippen molar-refractivity contribution in [2.45, 2.75) is 76.4 Å². The lowest BCUT2D eigenvalue weighted by Crippen LogP contribution is -2.55. The van der Waals surface area contributed by atoms with Gasteiger partial charge >= 0.3 is 0 Å². The Morgan fingerprint density at radius 2 is 2.04 bits per heavy atom. The molecule has 5 rings (SSSR count). The first kappa shape index (κ1) is 18.8. The maximum absolute atomic E-state index is 6.65. The molecule has 3 aliphatic rings. The van der Waals surface area contributed by atoms with Crippen LogP contribution in [0.5, 0.6) is 5.75 Å². The predicted octanol–water partition coefficient (Wildman–Crippen LogP) is 5.15. The zero-order valence-electron chi connectivity index (χ0n) is 17.2. The molecule has 2 fully saturated rings. The minimum Gasteiger partial charge on any atom is -0.490 e. The first-order valence-corrected chi connectivity index (χ1v) is 11.9. The number of pyridine rings is 1. The van der Waals surface area contributed by atoms with Crippen LogP contribution in [0.2, 0.25) is 0 Å². The summed E-state index contributed by atoms with van der Waals surface area (Å²) < 4.78 is 12.2. The van der Waals surface area contributed by atoms with E-state index in [9.17, 15) is 0 Å². The van der Waals surface area contributed by atoms with Gasteiger partial charge in [0.2, 0.25) is 0 Å². The molecular formula is C23H32N2O2S. The normalized spacial score (nSPS) is 31.2. The predicted molar refractivity (Wildman–Crippen MR) is 115 cm³/mol. The summed E-state index contributed by atoms with van der Waals surface area (Å²) in [4.78, 5) is 10.1. The van der Waals surface area contributed by atoms with Gasteiger partial charge in [-0.25, -0.2) is 4.98 Å². The lowest BCUT2D eigenvalue weighted by Gasteiger charge is -2.49. The van der Waals surface area contributed by atoms with Crippen LogP contribution in [0, 0.1) is 0 Å². The highest BCUT2D eigenvalue weighted by atomic mass is 32.1. The van der Waals surface area contributed by atoms with Crippen LogP contribution in [-0.2, 0) is 11.2 Å². The number of morpholine rings is 1. The minimum atomic E-state index is 0.332. The number of aryl methyl sites for hydroxylation is 1. The molecule has 0 unspecified atom stereocenters. The van der Waals surface area contributed by atoms with Crippen molar-refractivity contribution >= 4 is 21.6 Å². The molecule has 2 aromatic rings. The second-order valence-corrected chi connectivity index (χ2v) is 9.95. The Bertz CT molecular complexity index is 834. The van der Waals surface area contributed by atoms with E-state index in [0.29, 0.717) is 17.6 Å². The van der Waals surface area contributed by atoms with Crippen molar-refractivity contribution in [3.05, 3.63) is 22.7 Å². The van der Waals surface area contributed by atoms with Crippen LogP contribution in [0.15, 0.2) is 12.3 Å². The number of hydrogen-bond donors (Lipinski definition) is 0. The van der Waals surface area contributed by atoms with E-state index in [4.69, 9.17) is 9.47 Å². The molecule has 0 bridgehead atoms. The highest BCUT2D eigenvalue weighted by molar-refractivity contribution is 7.19. The van der Waals surface area contributed by atoms with Gasteiger partial charge in [-0.15, -0.1) is 11.3 Å². The summed E-state index contributed by atoms with van der Waals surface area (Å²) in [6.45, 7) is 8.66. The number of fused-ring (bicyclic) bond motifs is 3. The SMILES string of the molecule is CCC1(N2CCOCC2)CCC(Oc2ccnc3sc4c(c23)[C@@H](C)CC4)CC1. The third-order valence-corrected chi connectivity index (χ3v) is 8.64. The molecule has 3 heterocycles. The number of hydrogen-bond acceptors (Lipinski definition) is 5. The second-order valence-electron chi connectivity index (χ2n) is 8.86. The molecule has 28 heavy (non-hydrogen) atoms. The molecule has 2 aromatic heterocycles. The Hall–Kier alpha value is -1.17. The van der Waals surface area contributed by atoms with Crippen molar-refractivity contribution in [3.8, 4) is 5.75 Å². The minimum absolute atomic E-state index is 0.332. The van der Waals surface area contributed by atoms with Crippen LogP contribution in [-0.4, -0.2) is 47.8 Å². The molecular weight excluding hydrogens is 368 g/mol. The van der Waals surface area contributed by atoms with Gasteiger partial charge < -0.3 is 9.47 Å². The van der Waals surface area contributed by atoms with Gasteiger partial charge in [-0.2, -0.15) is 0 Å². The number of ether oxygens (including phenoxy) is 2. The molecule has 0 amide bonds. The highest BCUT2D eigenvalue weighted by Crippen LogP contribution is 2.47. The molecule has 0 spiro atoms. The van der Waals surface area contributed by atoms with Gasteiger partial charge in [-0.3, -0.25) is 4.90 Å². The molecule has 2 aliphatic carbocycles. The first-order chi connectivity index (χ1) is 13.7. The molecule has 1 saturated heterocycles. The summed E-state index contributed by atoms with van der Waals surface area (Å²) >= 11 is 1.88. The third-order valence-electron chi connectivity index (χ3n) is 7.46. The smallest absolute Gasteiger partial charge is 0.131 e. The molecule has 0 radical (unpaired) electrons. The maximum atomic E-state index is 6.65. The van der Waals surface area contributed by atoms with Gasteiger partial charge in [-0.05, 0) is 62.5 Å². The Labute approximate surface area is 172 Å². The quantitative estimate of drug-likeness (QED) is 0.711. The van der Waals surface area contributed by atoms with E-state index < -0.39 is 0 Å². The topological polar surface area (TPSA) is 34.6 Å². The molecule has 4 nitrogen and oxygen atoms in total. The van der Waals surface area contributed by atoms with Crippen molar-refractivity contribution in [3.63, 3.8) is 0 Å². The molecule has 152 valence electrons. The zero-order valence-corrected chi connectivity index (χ0v) is 18.0. The Morgan fingerprint density at radius 3 is 2.79 bits per heavy atom. The molecule has 0 N–H and O–H groups in total. The average Bonchev–Trinajstić information content (AvgIpc) is 3.29. The Morgan fingerprint density at radius 1 is 1.25 bits per heavy atom. The summed E-state index contributed by atoms with van der Waals surface area (Å²) in [6.07, 6.45) is 10.7. The van der Waals surface area contributed by atoms with Crippen LogP contribution in [0.25, 0.3) is 10.2 Å². The fourth-order valence-electron chi connectivity index (χ4n) is 5.72. The van der Waals surface area contributed by atoms with Crippen molar-refractivity contribution < 1.29 is 9.47 Å². The summed E-state index contributed by atoms with van der Waals surface area (Å²) in [5.74, 6) is 1.72. The lowest BCUT2D eigenvalue weighted by atomic mass is 9.77. The number of rotatable bonds is 4. The third kappa shape index (κ3) is 3.16. The zero-order chi connectivity index (χ0) is 19.1. The van der Waals surface area contributed by atoms with Gasteiger partial charge in [0.1, 0.15) is 10.6 Å². The van der Waals surface area contributed by atoms with E-state index in [1.54, 1.807) is 0 Å². The van der Waals surface area contributed by atoms with Gasteiger partial charge in [0.25, 0.3) is 0 Å². The van der Waals surface area contributed by atoms with E-state index in [1.807, 2.05) is 17.5 Å². The number of aromatic nitrogens is 1. The van der Waals surface area contributed by atoms with Crippen LogP contribution >= 0.6 is 11.3 Å². The molecule has 1 aliphatic heterocycles. The average molecular weight is 401 g/mol. The first-order valence-electron chi connectivity index (χ1n) is 11.1. The van der Waals surface area contributed by atoms with E-state index in [2.05, 4.69) is 29.8 Å². The fraction of sp³-hybridized carbons (Fsp3) is 0.696. The monoisotopic (exact) mass is 400 g/mol. The Balaban J connectivity index is 1.33. The van der Waals surface area contributed by atoms with E-state index in [1.165, 1.54) is 52.8 Å². The lowest BCUT2D eigenvalue weighted by molar-refractivity contribution is -0.0510. The van der Waals surface area contributed by atoms with Gasteiger partial charge in [0.05, 0.1) is 24.7 Å². The van der Waals surface area contributed by atoms with Crippen LogP contribution < -0.4 is 4.74 Å². The van der Waals surface area contributed by atoms with Gasteiger partial charge in [0, 0.05) is 29.7 Å². The standard InChI is InChI=1S/C23H32N2O2S/c1-3-23(25-12-14-26-15-13-25)9-6-17(7-10-23)27-18-8-11-24-22-21(18)20-16(2)4-5-19(20)28-22/h8,11,16-17H,3-7,9-10,12-15H2,1-2H3/t16-,17?,23?/m0/s1. The van der Waals surface area contributed by atoms with E-state index in [0.717, 1.165) is 44.9 Å².